The lowest BCUT2D eigenvalue weighted by Crippen LogP contribution is -2.45. The van der Waals surface area contributed by atoms with Crippen molar-refractivity contribution in [3.05, 3.63) is 107 Å². The van der Waals surface area contributed by atoms with Crippen molar-refractivity contribution < 1.29 is 24.0 Å². The summed E-state index contributed by atoms with van der Waals surface area (Å²) in [5.41, 5.74) is 0.471. The highest BCUT2D eigenvalue weighted by atomic mass is 16.7. The third-order valence-corrected chi connectivity index (χ3v) is 5.00. The molecule has 0 aliphatic carbocycles. The van der Waals surface area contributed by atoms with Gasteiger partial charge in [0.2, 0.25) is 0 Å². The van der Waals surface area contributed by atoms with Crippen molar-refractivity contribution in [2.24, 2.45) is 0 Å². The first-order valence-electron chi connectivity index (χ1n) is 9.86. The third kappa shape index (κ3) is 3.98. The Morgan fingerprint density at radius 3 is 1.61 bits per heavy atom. The number of hydroxylamine groups is 2. The molecule has 0 aromatic heterocycles. The highest BCUT2D eigenvalue weighted by Crippen LogP contribution is 2.30. The molecule has 0 saturated heterocycles. The predicted molar refractivity (Wildman–Crippen MR) is 113 cm³/mol. The quantitative estimate of drug-likeness (QED) is 0.443. The topological polar surface area (TPSA) is 72.9 Å². The Morgan fingerprint density at radius 1 is 0.742 bits per heavy atom. The maximum Gasteiger partial charge on any atom is 0.341 e. The predicted octanol–water partition coefficient (Wildman–Crippen LogP) is 4.33. The van der Waals surface area contributed by atoms with Crippen LogP contribution >= 0.6 is 0 Å². The molecule has 3 aromatic carbocycles. The fraction of sp³-hybridized carbons (Fsp3) is 0.160. The highest BCUT2D eigenvalue weighted by Gasteiger charge is 2.44. The second kappa shape index (κ2) is 8.16. The van der Waals surface area contributed by atoms with E-state index in [2.05, 4.69) is 0 Å². The molecule has 6 heteroatoms. The van der Waals surface area contributed by atoms with Gasteiger partial charge >= 0.3 is 5.97 Å². The first-order valence-corrected chi connectivity index (χ1v) is 9.86. The maximum absolute atomic E-state index is 13.1. The third-order valence-electron chi connectivity index (χ3n) is 5.00. The van der Waals surface area contributed by atoms with Crippen molar-refractivity contribution >= 4 is 17.8 Å². The summed E-state index contributed by atoms with van der Waals surface area (Å²) in [6, 6.07) is 25.1. The summed E-state index contributed by atoms with van der Waals surface area (Å²) in [6.07, 6.45) is -0.667. The zero-order valence-corrected chi connectivity index (χ0v) is 17.1. The molecule has 0 N–H and O–H groups in total. The van der Waals surface area contributed by atoms with E-state index in [4.69, 9.17) is 9.57 Å². The second-order valence-corrected chi connectivity index (χ2v) is 7.66. The first kappa shape index (κ1) is 20.5. The summed E-state index contributed by atoms with van der Waals surface area (Å²) in [7, 11) is 0. The molecule has 6 nitrogen and oxygen atoms in total. The number of esters is 1. The minimum atomic E-state index is -1.59. The van der Waals surface area contributed by atoms with Crippen LogP contribution in [0.5, 0.6) is 0 Å². The minimum Gasteiger partial charge on any atom is -0.450 e. The standard InChI is InChI=1S/C25H21NO5/c1-25(2,31-26-22(27)19-15-9-10-16-20(19)23(26)28)24(29)30-21(17-11-5-3-6-12-17)18-13-7-4-8-14-18/h3-16,21H,1-2H3. The number of fused-ring (bicyclic) bond motifs is 1. The van der Waals surface area contributed by atoms with Crippen LogP contribution in [-0.2, 0) is 14.4 Å². The van der Waals surface area contributed by atoms with E-state index in [0.29, 0.717) is 5.06 Å². The Kier molecular flexibility index (Phi) is 5.40. The molecule has 156 valence electrons. The van der Waals surface area contributed by atoms with Gasteiger partial charge in [-0.05, 0) is 37.1 Å². The number of hydrogen-bond donors (Lipinski definition) is 0. The van der Waals surface area contributed by atoms with E-state index in [9.17, 15) is 14.4 Å². The van der Waals surface area contributed by atoms with Crippen LogP contribution in [0, 0.1) is 0 Å². The van der Waals surface area contributed by atoms with Crippen molar-refractivity contribution in [1.82, 2.24) is 5.06 Å². The molecule has 0 bridgehead atoms. The van der Waals surface area contributed by atoms with Crippen LogP contribution < -0.4 is 0 Å². The molecule has 0 saturated carbocycles. The molecular formula is C25H21NO5. The van der Waals surface area contributed by atoms with Crippen LogP contribution in [0.25, 0.3) is 0 Å². The van der Waals surface area contributed by atoms with Gasteiger partial charge in [-0.15, -0.1) is 5.06 Å². The number of amides is 2. The lowest BCUT2D eigenvalue weighted by molar-refractivity contribution is -0.206. The van der Waals surface area contributed by atoms with Crippen molar-refractivity contribution in [2.45, 2.75) is 25.6 Å². The van der Waals surface area contributed by atoms with Crippen LogP contribution in [0.15, 0.2) is 84.9 Å². The normalized spacial score (nSPS) is 13.5. The minimum absolute atomic E-state index is 0.239. The Hall–Kier alpha value is -3.77. The average Bonchev–Trinajstić information content (AvgIpc) is 3.03. The van der Waals surface area contributed by atoms with Gasteiger partial charge in [-0.25, -0.2) is 9.63 Å². The molecule has 1 aliphatic rings. The van der Waals surface area contributed by atoms with Crippen LogP contribution in [-0.4, -0.2) is 28.4 Å². The van der Waals surface area contributed by atoms with Gasteiger partial charge in [0.1, 0.15) is 0 Å². The zero-order chi connectivity index (χ0) is 22.0. The Labute approximate surface area is 180 Å². The number of rotatable bonds is 6. The van der Waals surface area contributed by atoms with E-state index in [1.54, 1.807) is 24.3 Å². The number of carbonyl (C=O) groups is 3. The maximum atomic E-state index is 13.1. The largest absolute Gasteiger partial charge is 0.450 e. The second-order valence-electron chi connectivity index (χ2n) is 7.66. The van der Waals surface area contributed by atoms with E-state index in [-0.39, 0.29) is 11.1 Å². The number of nitrogens with zero attached hydrogens (tertiary/aromatic N) is 1. The number of hydrogen-bond acceptors (Lipinski definition) is 5. The molecule has 0 unspecified atom stereocenters. The highest BCUT2D eigenvalue weighted by molar-refractivity contribution is 6.20. The summed E-state index contributed by atoms with van der Waals surface area (Å²) in [6.45, 7) is 2.93. The van der Waals surface area contributed by atoms with Gasteiger partial charge in [-0.3, -0.25) is 9.59 Å². The smallest absolute Gasteiger partial charge is 0.341 e. The summed E-state index contributed by atoms with van der Waals surface area (Å²) >= 11 is 0. The summed E-state index contributed by atoms with van der Waals surface area (Å²) in [5.74, 6) is -1.92. The molecule has 0 spiro atoms. The lowest BCUT2D eigenvalue weighted by Gasteiger charge is -2.29. The fourth-order valence-electron chi connectivity index (χ4n) is 3.35. The van der Waals surface area contributed by atoms with Gasteiger partial charge < -0.3 is 4.74 Å². The number of carbonyl (C=O) groups excluding carboxylic acids is 3. The Morgan fingerprint density at radius 2 is 1.16 bits per heavy atom. The Bertz CT molecular complexity index is 1050. The fourth-order valence-corrected chi connectivity index (χ4v) is 3.35. The van der Waals surface area contributed by atoms with Crippen molar-refractivity contribution in [2.75, 3.05) is 0 Å². The van der Waals surface area contributed by atoms with E-state index in [0.717, 1.165) is 11.1 Å². The average molecular weight is 415 g/mol. The molecule has 31 heavy (non-hydrogen) atoms. The van der Waals surface area contributed by atoms with Gasteiger partial charge in [-0.2, -0.15) is 0 Å². The monoisotopic (exact) mass is 415 g/mol. The van der Waals surface area contributed by atoms with Gasteiger partial charge in [-0.1, -0.05) is 72.8 Å². The van der Waals surface area contributed by atoms with Gasteiger partial charge in [0.15, 0.2) is 11.7 Å². The van der Waals surface area contributed by atoms with Crippen LogP contribution in [0.3, 0.4) is 0 Å². The summed E-state index contributed by atoms with van der Waals surface area (Å²) in [4.78, 5) is 43.9. The molecule has 0 radical (unpaired) electrons. The van der Waals surface area contributed by atoms with E-state index >= 15 is 0 Å². The van der Waals surface area contributed by atoms with Gasteiger partial charge in [0, 0.05) is 0 Å². The Balaban J connectivity index is 1.56. The summed E-state index contributed by atoms with van der Waals surface area (Å²) < 4.78 is 5.83. The molecule has 0 atom stereocenters. The molecule has 3 aromatic rings. The van der Waals surface area contributed by atoms with Crippen molar-refractivity contribution in [3.63, 3.8) is 0 Å². The number of benzene rings is 3. The zero-order valence-electron chi connectivity index (χ0n) is 17.1. The van der Waals surface area contributed by atoms with E-state index < -0.39 is 29.5 Å². The van der Waals surface area contributed by atoms with Crippen LogP contribution in [0.2, 0.25) is 0 Å². The lowest BCUT2D eigenvalue weighted by atomic mass is 10.0. The van der Waals surface area contributed by atoms with Crippen LogP contribution in [0.4, 0.5) is 0 Å². The summed E-state index contributed by atoms with van der Waals surface area (Å²) in [5, 5.41) is 0.631. The molecule has 0 fully saturated rings. The molecular weight excluding hydrogens is 394 g/mol. The molecule has 1 heterocycles. The van der Waals surface area contributed by atoms with Gasteiger partial charge in [0.05, 0.1) is 11.1 Å². The van der Waals surface area contributed by atoms with E-state index in [1.165, 1.54) is 13.8 Å². The van der Waals surface area contributed by atoms with Crippen LogP contribution in [0.1, 0.15) is 51.8 Å². The van der Waals surface area contributed by atoms with Gasteiger partial charge in [0.25, 0.3) is 11.8 Å². The molecule has 4 rings (SSSR count). The number of imide groups is 1. The first-order chi connectivity index (χ1) is 14.9. The molecule has 2 amide bonds. The van der Waals surface area contributed by atoms with Crippen molar-refractivity contribution in [3.8, 4) is 0 Å². The molecule has 1 aliphatic heterocycles. The van der Waals surface area contributed by atoms with Crippen molar-refractivity contribution in [1.29, 1.82) is 0 Å². The number of ether oxygens (including phenoxy) is 1. The van der Waals surface area contributed by atoms with E-state index in [1.807, 2.05) is 60.7 Å². The SMILES string of the molecule is CC(C)(ON1C(=O)c2ccccc2C1=O)C(=O)OC(c1ccccc1)c1ccccc1.